The standard InChI is InChI=1S/C18H22N2O2/c1-13(15-6-4-3-5-7-15)20-10-8-16(12-20)19-18(21)17-9-11-22-14(17)2/h3-7,9,11,13,16H,8,10,12H2,1-2H3,(H,19,21)/t13-,16-/m0/s1. The number of amides is 1. The molecule has 0 saturated carbocycles. The van der Waals surface area contributed by atoms with Gasteiger partial charge in [0.15, 0.2) is 0 Å². The van der Waals surface area contributed by atoms with E-state index >= 15 is 0 Å². The summed E-state index contributed by atoms with van der Waals surface area (Å²) in [7, 11) is 0. The molecule has 0 unspecified atom stereocenters. The molecular formula is C18H22N2O2. The van der Waals surface area contributed by atoms with Crippen LogP contribution in [-0.4, -0.2) is 29.9 Å². The van der Waals surface area contributed by atoms with Gasteiger partial charge in [0.1, 0.15) is 5.76 Å². The summed E-state index contributed by atoms with van der Waals surface area (Å²) in [5.74, 6) is 0.635. The number of aryl methyl sites for hydroxylation is 1. The number of carbonyl (C=O) groups is 1. The van der Waals surface area contributed by atoms with Gasteiger partial charge in [-0.2, -0.15) is 0 Å². The summed E-state index contributed by atoms with van der Waals surface area (Å²) in [5.41, 5.74) is 1.95. The maximum atomic E-state index is 12.2. The van der Waals surface area contributed by atoms with E-state index in [0.717, 1.165) is 19.5 Å². The summed E-state index contributed by atoms with van der Waals surface area (Å²) in [6, 6.07) is 12.8. The minimum Gasteiger partial charge on any atom is -0.469 e. The van der Waals surface area contributed by atoms with Gasteiger partial charge < -0.3 is 9.73 Å². The van der Waals surface area contributed by atoms with Crippen LogP contribution in [0.15, 0.2) is 47.1 Å². The number of carbonyl (C=O) groups excluding carboxylic acids is 1. The van der Waals surface area contributed by atoms with E-state index in [9.17, 15) is 4.79 Å². The van der Waals surface area contributed by atoms with Gasteiger partial charge in [-0.3, -0.25) is 9.69 Å². The summed E-state index contributed by atoms with van der Waals surface area (Å²) in [4.78, 5) is 14.7. The van der Waals surface area contributed by atoms with Crippen LogP contribution in [0.25, 0.3) is 0 Å². The molecule has 2 heterocycles. The van der Waals surface area contributed by atoms with E-state index in [1.54, 1.807) is 12.3 Å². The average molecular weight is 298 g/mol. The van der Waals surface area contributed by atoms with Crippen molar-refractivity contribution in [1.82, 2.24) is 10.2 Å². The van der Waals surface area contributed by atoms with Crippen molar-refractivity contribution in [2.24, 2.45) is 0 Å². The molecule has 0 radical (unpaired) electrons. The molecule has 1 saturated heterocycles. The average Bonchev–Trinajstić information content (AvgIpc) is 3.16. The highest BCUT2D eigenvalue weighted by atomic mass is 16.3. The van der Waals surface area contributed by atoms with E-state index < -0.39 is 0 Å². The first-order chi connectivity index (χ1) is 10.6. The van der Waals surface area contributed by atoms with Crippen molar-refractivity contribution in [3.8, 4) is 0 Å². The number of nitrogens with zero attached hydrogens (tertiary/aromatic N) is 1. The van der Waals surface area contributed by atoms with E-state index in [-0.39, 0.29) is 11.9 Å². The summed E-state index contributed by atoms with van der Waals surface area (Å²) < 4.78 is 5.20. The number of likely N-dealkylation sites (tertiary alicyclic amines) is 1. The zero-order valence-electron chi connectivity index (χ0n) is 13.1. The molecule has 0 aliphatic carbocycles. The summed E-state index contributed by atoms with van der Waals surface area (Å²) >= 11 is 0. The first kappa shape index (κ1) is 14.9. The van der Waals surface area contributed by atoms with Crippen molar-refractivity contribution in [2.45, 2.75) is 32.4 Å². The van der Waals surface area contributed by atoms with Gasteiger partial charge in [0.2, 0.25) is 0 Å². The Bertz CT molecular complexity index is 636. The van der Waals surface area contributed by atoms with E-state index in [1.807, 2.05) is 13.0 Å². The first-order valence-electron chi connectivity index (χ1n) is 7.79. The van der Waals surface area contributed by atoms with Crippen molar-refractivity contribution in [1.29, 1.82) is 0 Å². The third-order valence-electron chi connectivity index (χ3n) is 4.49. The highest BCUT2D eigenvalue weighted by Gasteiger charge is 2.28. The van der Waals surface area contributed by atoms with Crippen LogP contribution in [0.2, 0.25) is 0 Å². The molecule has 4 nitrogen and oxygen atoms in total. The molecule has 2 atom stereocenters. The van der Waals surface area contributed by atoms with E-state index in [2.05, 4.69) is 41.4 Å². The van der Waals surface area contributed by atoms with Gasteiger partial charge in [-0.05, 0) is 31.9 Å². The predicted octanol–water partition coefficient (Wildman–Crippen LogP) is 3.15. The molecule has 1 aromatic heterocycles. The van der Waals surface area contributed by atoms with Crippen LogP contribution in [0.3, 0.4) is 0 Å². The Morgan fingerprint density at radius 1 is 1.32 bits per heavy atom. The Balaban J connectivity index is 1.59. The fourth-order valence-corrected chi connectivity index (χ4v) is 3.08. The van der Waals surface area contributed by atoms with Crippen LogP contribution in [0.1, 0.15) is 41.1 Å². The SMILES string of the molecule is Cc1occc1C(=O)N[C@H]1CCN([C@@H](C)c2ccccc2)C1. The van der Waals surface area contributed by atoms with Gasteiger partial charge in [-0.1, -0.05) is 30.3 Å². The van der Waals surface area contributed by atoms with Crippen molar-refractivity contribution in [2.75, 3.05) is 13.1 Å². The molecule has 3 rings (SSSR count). The molecule has 1 fully saturated rings. The number of furan rings is 1. The summed E-state index contributed by atoms with van der Waals surface area (Å²) in [5, 5.41) is 3.12. The van der Waals surface area contributed by atoms with Crippen LogP contribution in [0.4, 0.5) is 0 Å². The van der Waals surface area contributed by atoms with Crippen LogP contribution >= 0.6 is 0 Å². The summed E-state index contributed by atoms with van der Waals surface area (Å²) in [6.45, 7) is 5.93. The minimum atomic E-state index is -0.0366. The topological polar surface area (TPSA) is 45.5 Å². The highest BCUT2D eigenvalue weighted by Crippen LogP contribution is 2.24. The lowest BCUT2D eigenvalue weighted by atomic mass is 10.1. The second-order valence-corrected chi connectivity index (χ2v) is 5.93. The molecule has 1 amide bonds. The number of rotatable bonds is 4. The van der Waals surface area contributed by atoms with Crippen molar-refractivity contribution in [3.05, 3.63) is 59.5 Å². The smallest absolute Gasteiger partial charge is 0.255 e. The molecule has 0 bridgehead atoms. The van der Waals surface area contributed by atoms with Crippen LogP contribution < -0.4 is 5.32 Å². The van der Waals surface area contributed by atoms with Gasteiger partial charge in [-0.25, -0.2) is 0 Å². The largest absolute Gasteiger partial charge is 0.469 e. The third kappa shape index (κ3) is 3.07. The molecular weight excluding hydrogens is 276 g/mol. The van der Waals surface area contributed by atoms with Gasteiger partial charge in [0, 0.05) is 25.2 Å². The third-order valence-corrected chi connectivity index (χ3v) is 4.49. The molecule has 22 heavy (non-hydrogen) atoms. The number of nitrogens with one attached hydrogen (secondary N) is 1. The lowest BCUT2D eigenvalue weighted by Gasteiger charge is -2.24. The van der Waals surface area contributed by atoms with Gasteiger partial charge in [0.25, 0.3) is 5.91 Å². The second-order valence-electron chi connectivity index (χ2n) is 5.93. The molecule has 4 heteroatoms. The van der Waals surface area contributed by atoms with E-state index in [0.29, 0.717) is 17.4 Å². The van der Waals surface area contributed by atoms with Crippen LogP contribution in [0, 0.1) is 6.92 Å². The normalized spacial score (nSPS) is 20.0. The predicted molar refractivity (Wildman–Crippen MR) is 85.7 cm³/mol. The molecule has 1 aliphatic heterocycles. The highest BCUT2D eigenvalue weighted by molar-refractivity contribution is 5.95. The molecule has 116 valence electrons. The minimum absolute atomic E-state index is 0.0366. The Morgan fingerprint density at radius 3 is 2.77 bits per heavy atom. The maximum absolute atomic E-state index is 12.2. The molecule has 1 aromatic carbocycles. The fraction of sp³-hybridized carbons (Fsp3) is 0.389. The van der Waals surface area contributed by atoms with E-state index in [1.165, 1.54) is 5.56 Å². The molecule has 1 N–H and O–H groups in total. The second kappa shape index (κ2) is 6.36. The zero-order chi connectivity index (χ0) is 15.5. The van der Waals surface area contributed by atoms with Crippen molar-refractivity contribution in [3.63, 3.8) is 0 Å². The number of benzene rings is 1. The Kier molecular flexibility index (Phi) is 4.29. The maximum Gasteiger partial charge on any atom is 0.255 e. The Labute approximate surface area is 131 Å². The summed E-state index contributed by atoms with van der Waals surface area (Å²) in [6.07, 6.45) is 2.54. The van der Waals surface area contributed by atoms with Gasteiger partial charge in [0.05, 0.1) is 11.8 Å². The van der Waals surface area contributed by atoms with Crippen molar-refractivity contribution < 1.29 is 9.21 Å². The quantitative estimate of drug-likeness (QED) is 0.943. The van der Waals surface area contributed by atoms with Gasteiger partial charge in [-0.15, -0.1) is 0 Å². The lowest BCUT2D eigenvalue weighted by molar-refractivity contribution is 0.0935. The molecule has 2 aromatic rings. The molecule has 1 aliphatic rings. The zero-order valence-corrected chi connectivity index (χ0v) is 13.1. The first-order valence-corrected chi connectivity index (χ1v) is 7.79. The monoisotopic (exact) mass is 298 g/mol. The lowest BCUT2D eigenvalue weighted by Crippen LogP contribution is -2.37. The Morgan fingerprint density at radius 2 is 2.09 bits per heavy atom. The van der Waals surface area contributed by atoms with Crippen LogP contribution in [0.5, 0.6) is 0 Å². The van der Waals surface area contributed by atoms with Crippen molar-refractivity contribution >= 4 is 5.91 Å². The Hall–Kier alpha value is -2.07. The van der Waals surface area contributed by atoms with Gasteiger partial charge >= 0.3 is 0 Å². The number of hydrogen-bond donors (Lipinski definition) is 1. The van der Waals surface area contributed by atoms with E-state index in [4.69, 9.17) is 4.42 Å². The molecule has 0 spiro atoms. The number of hydrogen-bond acceptors (Lipinski definition) is 3. The van der Waals surface area contributed by atoms with Crippen LogP contribution in [-0.2, 0) is 0 Å². The fourth-order valence-electron chi connectivity index (χ4n) is 3.08.